The van der Waals surface area contributed by atoms with Crippen LogP contribution < -0.4 is 5.56 Å². The van der Waals surface area contributed by atoms with Crippen molar-refractivity contribution in [2.24, 2.45) is 0 Å². The van der Waals surface area contributed by atoms with Crippen LogP contribution in [0, 0.1) is 6.92 Å². The summed E-state index contributed by atoms with van der Waals surface area (Å²) >= 11 is 0. The van der Waals surface area contributed by atoms with Crippen LogP contribution in [0.2, 0.25) is 0 Å². The van der Waals surface area contributed by atoms with Gasteiger partial charge in [0.15, 0.2) is 0 Å². The first-order valence-electron chi connectivity index (χ1n) is 11.0. The van der Waals surface area contributed by atoms with Crippen LogP contribution in [-0.4, -0.2) is 14.1 Å². The molecule has 0 amide bonds. The highest BCUT2D eigenvalue weighted by atomic mass is 19.4. The van der Waals surface area contributed by atoms with Crippen molar-refractivity contribution in [1.82, 2.24) is 14.1 Å². The second-order valence-corrected chi connectivity index (χ2v) is 8.48. The summed E-state index contributed by atoms with van der Waals surface area (Å²) in [4.78, 5) is 18.2. The van der Waals surface area contributed by atoms with Crippen molar-refractivity contribution in [3.05, 3.63) is 112 Å². The fourth-order valence-electron chi connectivity index (χ4n) is 4.36. The summed E-state index contributed by atoms with van der Waals surface area (Å²) in [5, 5.41) is 0.814. The zero-order valence-electron chi connectivity index (χ0n) is 18.5. The smallest absolute Gasteiger partial charge is 0.330 e. The monoisotopic (exact) mass is 461 g/mol. The van der Waals surface area contributed by atoms with Gasteiger partial charge in [0.2, 0.25) is 0 Å². The molecule has 0 bridgehead atoms. The van der Waals surface area contributed by atoms with Crippen LogP contribution in [-0.2, 0) is 25.7 Å². The lowest BCUT2D eigenvalue weighted by Crippen LogP contribution is -2.23. The highest BCUT2D eigenvalue weighted by molar-refractivity contribution is 6.05. The molecule has 3 aromatic carbocycles. The highest BCUT2D eigenvalue weighted by Crippen LogP contribution is 2.31. The fourth-order valence-corrected chi connectivity index (χ4v) is 4.36. The Morgan fingerprint density at radius 2 is 1.68 bits per heavy atom. The molecule has 0 saturated carbocycles. The van der Waals surface area contributed by atoms with Crippen LogP contribution in [0.25, 0.3) is 21.9 Å². The van der Waals surface area contributed by atoms with Gasteiger partial charge in [-0.1, -0.05) is 54.1 Å². The van der Waals surface area contributed by atoms with Crippen molar-refractivity contribution in [3.63, 3.8) is 0 Å². The van der Waals surface area contributed by atoms with Gasteiger partial charge in [-0.25, -0.2) is 4.98 Å². The summed E-state index contributed by atoms with van der Waals surface area (Å²) in [6.45, 7) is 2.54. The van der Waals surface area contributed by atoms with Gasteiger partial charge in [-0.3, -0.25) is 9.36 Å². The minimum Gasteiger partial charge on any atom is -0.330 e. The maximum atomic E-state index is 13.6. The standard InChI is InChI=1S/C27H22F3N3O/c1-18-10-11-23-22(14-18)24-25(33(23)16-20-8-5-9-21(15-20)27(28,29)30)26(34)32(17-31-24)13-12-19-6-3-2-4-7-19/h2-11,14-15,17H,12-13,16H2,1H3. The van der Waals surface area contributed by atoms with Crippen LogP contribution in [0.15, 0.2) is 83.9 Å². The molecule has 4 nitrogen and oxygen atoms in total. The number of nitrogens with zero attached hydrogens (tertiary/aromatic N) is 3. The zero-order chi connectivity index (χ0) is 23.9. The molecule has 0 fully saturated rings. The highest BCUT2D eigenvalue weighted by Gasteiger charge is 2.30. The molecule has 0 aliphatic carbocycles. The van der Waals surface area contributed by atoms with Crippen LogP contribution >= 0.6 is 0 Å². The van der Waals surface area contributed by atoms with Gasteiger partial charge in [-0.15, -0.1) is 0 Å². The van der Waals surface area contributed by atoms with E-state index in [-0.39, 0.29) is 12.1 Å². The first-order valence-corrected chi connectivity index (χ1v) is 11.0. The molecule has 0 N–H and O–H groups in total. The van der Waals surface area contributed by atoms with E-state index < -0.39 is 11.7 Å². The molecule has 5 aromatic rings. The molecule has 0 unspecified atom stereocenters. The van der Waals surface area contributed by atoms with Crippen LogP contribution in [0.5, 0.6) is 0 Å². The maximum absolute atomic E-state index is 13.6. The van der Waals surface area contributed by atoms with E-state index in [1.54, 1.807) is 21.5 Å². The van der Waals surface area contributed by atoms with Crippen LogP contribution in [0.4, 0.5) is 13.2 Å². The van der Waals surface area contributed by atoms with E-state index in [2.05, 4.69) is 4.98 Å². The Morgan fingerprint density at radius 1 is 0.912 bits per heavy atom. The van der Waals surface area contributed by atoms with E-state index >= 15 is 0 Å². The lowest BCUT2D eigenvalue weighted by molar-refractivity contribution is -0.137. The lowest BCUT2D eigenvalue weighted by Gasteiger charge is -2.12. The fraction of sp³-hybridized carbons (Fsp3) is 0.185. The van der Waals surface area contributed by atoms with E-state index in [0.29, 0.717) is 29.6 Å². The molecule has 5 rings (SSSR count). The third kappa shape index (κ3) is 4.09. The van der Waals surface area contributed by atoms with E-state index in [4.69, 9.17) is 0 Å². The maximum Gasteiger partial charge on any atom is 0.416 e. The quantitative estimate of drug-likeness (QED) is 0.324. The Hall–Kier alpha value is -3.87. The minimum absolute atomic E-state index is 0.132. The second-order valence-electron chi connectivity index (χ2n) is 8.48. The van der Waals surface area contributed by atoms with Gasteiger partial charge in [0, 0.05) is 18.5 Å². The number of aryl methyl sites for hydroxylation is 3. The number of benzene rings is 3. The first kappa shape index (κ1) is 21.9. The van der Waals surface area contributed by atoms with Crippen molar-refractivity contribution in [2.75, 3.05) is 0 Å². The molecule has 0 aliphatic rings. The Labute approximate surface area is 193 Å². The summed E-state index contributed by atoms with van der Waals surface area (Å²) in [5.41, 5.74) is 3.40. The number of alkyl halides is 3. The zero-order valence-corrected chi connectivity index (χ0v) is 18.5. The van der Waals surface area contributed by atoms with Crippen molar-refractivity contribution in [3.8, 4) is 0 Å². The molecule has 172 valence electrons. The number of rotatable bonds is 5. The van der Waals surface area contributed by atoms with E-state index in [1.807, 2.05) is 55.5 Å². The van der Waals surface area contributed by atoms with Crippen molar-refractivity contribution in [2.45, 2.75) is 32.6 Å². The normalized spacial score (nSPS) is 12.0. The molecule has 0 spiro atoms. The number of hydrogen-bond acceptors (Lipinski definition) is 2. The van der Waals surface area contributed by atoms with Gasteiger partial charge in [-0.05, 0) is 48.7 Å². The molecule has 7 heteroatoms. The average molecular weight is 461 g/mol. The molecule has 0 radical (unpaired) electrons. The summed E-state index contributed by atoms with van der Waals surface area (Å²) in [7, 11) is 0. The number of aromatic nitrogens is 3. The summed E-state index contributed by atoms with van der Waals surface area (Å²) < 4.78 is 43.2. The third-order valence-electron chi connectivity index (χ3n) is 6.06. The van der Waals surface area contributed by atoms with Crippen molar-refractivity contribution < 1.29 is 13.2 Å². The molecular weight excluding hydrogens is 439 g/mol. The summed E-state index contributed by atoms with van der Waals surface area (Å²) in [6.07, 6.45) is -2.20. The first-order chi connectivity index (χ1) is 16.3. The lowest BCUT2D eigenvalue weighted by atomic mass is 10.1. The van der Waals surface area contributed by atoms with Crippen molar-refractivity contribution in [1.29, 1.82) is 0 Å². The van der Waals surface area contributed by atoms with Gasteiger partial charge in [0.05, 0.1) is 17.4 Å². The Bertz CT molecular complexity index is 1550. The van der Waals surface area contributed by atoms with Gasteiger partial charge in [0.25, 0.3) is 5.56 Å². The SMILES string of the molecule is Cc1ccc2c(c1)c1ncn(CCc3ccccc3)c(=O)c1n2Cc1cccc(C(F)(F)F)c1. The van der Waals surface area contributed by atoms with Gasteiger partial charge in [0.1, 0.15) is 11.0 Å². The van der Waals surface area contributed by atoms with Gasteiger partial charge in [-0.2, -0.15) is 13.2 Å². The third-order valence-corrected chi connectivity index (χ3v) is 6.06. The predicted molar refractivity (Wildman–Crippen MR) is 127 cm³/mol. The second kappa shape index (κ2) is 8.48. The van der Waals surface area contributed by atoms with E-state index in [9.17, 15) is 18.0 Å². The number of hydrogen-bond donors (Lipinski definition) is 0. The largest absolute Gasteiger partial charge is 0.416 e. The van der Waals surface area contributed by atoms with Gasteiger partial charge >= 0.3 is 6.18 Å². The molecule has 2 aromatic heterocycles. The molecule has 0 atom stereocenters. The van der Waals surface area contributed by atoms with Gasteiger partial charge < -0.3 is 4.57 Å². The Morgan fingerprint density at radius 3 is 2.44 bits per heavy atom. The van der Waals surface area contributed by atoms with Crippen LogP contribution in [0.1, 0.15) is 22.3 Å². The molecule has 0 aliphatic heterocycles. The average Bonchev–Trinajstić information content (AvgIpc) is 3.12. The number of halogens is 3. The Kier molecular flexibility index (Phi) is 5.48. The number of fused-ring (bicyclic) bond motifs is 3. The molecule has 34 heavy (non-hydrogen) atoms. The van der Waals surface area contributed by atoms with Crippen LogP contribution in [0.3, 0.4) is 0 Å². The topological polar surface area (TPSA) is 39.8 Å². The summed E-state index contributed by atoms with van der Waals surface area (Å²) in [5.74, 6) is 0. The molecule has 2 heterocycles. The summed E-state index contributed by atoms with van der Waals surface area (Å²) in [6, 6.07) is 20.9. The minimum atomic E-state index is -4.43. The molecular formula is C27H22F3N3O. The van der Waals surface area contributed by atoms with E-state index in [1.165, 1.54) is 6.07 Å². The predicted octanol–water partition coefficient (Wildman–Crippen LogP) is 5.97. The van der Waals surface area contributed by atoms with E-state index in [0.717, 1.165) is 34.2 Å². The van der Waals surface area contributed by atoms with Crippen molar-refractivity contribution >= 4 is 21.9 Å². The molecule has 0 saturated heterocycles. The Balaban J connectivity index is 1.64.